The van der Waals surface area contributed by atoms with Gasteiger partial charge in [0.05, 0.1) is 10.7 Å². The highest BCUT2D eigenvalue weighted by atomic mass is 35.5. The maximum absolute atomic E-state index is 6.39. The first-order valence-electron chi connectivity index (χ1n) is 7.60. The van der Waals surface area contributed by atoms with E-state index in [-0.39, 0.29) is 0 Å². The van der Waals surface area contributed by atoms with E-state index in [1.807, 2.05) is 29.1 Å². The van der Waals surface area contributed by atoms with Crippen LogP contribution in [0.3, 0.4) is 0 Å². The van der Waals surface area contributed by atoms with Crippen LogP contribution in [0.5, 0.6) is 0 Å². The van der Waals surface area contributed by atoms with E-state index >= 15 is 0 Å². The fourth-order valence-electron chi connectivity index (χ4n) is 3.31. The molecule has 1 N–H and O–H groups in total. The summed E-state index contributed by atoms with van der Waals surface area (Å²) in [4.78, 5) is 0. The Balaban J connectivity index is 1.87. The van der Waals surface area contributed by atoms with Crippen molar-refractivity contribution in [3.8, 4) is 5.69 Å². The third-order valence-electron chi connectivity index (χ3n) is 4.29. The SMILES string of the molecule is CC1(C)CCCC(Nc2cccc(Cl)c2-n2cccn2)C1. The largest absolute Gasteiger partial charge is 0.381 e. The standard InChI is InChI=1S/C17H22ClN3/c1-17(2)9-4-6-13(12-17)20-15-8-3-7-14(18)16(15)21-11-5-10-19-21/h3,5,7-8,10-11,13,20H,4,6,9,12H2,1-2H3. The molecule has 1 aliphatic rings. The van der Waals surface area contributed by atoms with Crippen LogP contribution < -0.4 is 5.32 Å². The van der Waals surface area contributed by atoms with E-state index in [1.165, 1.54) is 25.7 Å². The molecule has 0 aliphatic heterocycles. The summed E-state index contributed by atoms with van der Waals surface area (Å²) in [6.45, 7) is 4.71. The molecule has 4 heteroatoms. The number of rotatable bonds is 3. The number of anilines is 1. The van der Waals surface area contributed by atoms with Crippen molar-refractivity contribution in [1.82, 2.24) is 9.78 Å². The van der Waals surface area contributed by atoms with Crippen molar-refractivity contribution in [3.63, 3.8) is 0 Å². The Morgan fingerprint density at radius 1 is 1.33 bits per heavy atom. The molecule has 1 heterocycles. The molecular weight excluding hydrogens is 282 g/mol. The summed E-state index contributed by atoms with van der Waals surface area (Å²) in [7, 11) is 0. The molecule has 1 unspecified atom stereocenters. The van der Waals surface area contributed by atoms with Gasteiger partial charge in [-0.2, -0.15) is 5.10 Å². The zero-order valence-corrected chi connectivity index (χ0v) is 13.4. The van der Waals surface area contributed by atoms with Crippen molar-refractivity contribution >= 4 is 17.3 Å². The van der Waals surface area contributed by atoms with E-state index in [0.29, 0.717) is 11.5 Å². The Morgan fingerprint density at radius 2 is 2.19 bits per heavy atom. The first-order chi connectivity index (χ1) is 10.1. The number of benzene rings is 1. The summed E-state index contributed by atoms with van der Waals surface area (Å²) in [6, 6.07) is 8.41. The van der Waals surface area contributed by atoms with Gasteiger partial charge in [0, 0.05) is 18.4 Å². The van der Waals surface area contributed by atoms with Crippen molar-refractivity contribution in [1.29, 1.82) is 0 Å². The van der Waals surface area contributed by atoms with Gasteiger partial charge >= 0.3 is 0 Å². The van der Waals surface area contributed by atoms with E-state index in [0.717, 1.165) is 16.4 Å². The summed E-state index contributed by atoms with van der Waals surface area (Å²) in [5.74, 6) is 0. The molecular formula is C17H22ClN3. The third-order valence-corrected chi connectivity index (χ3v) is 4.59. The minimum absolute atomic E-state index is 0.417. The Kier molecular flexibility index (Phi) is 3.94. The average molecular weight is 304 g/mol. The predicted octanol–water partition coefficient (Wildman–Crippen LogP) is 4.91. The second kappa shape index (κ2) is 5.72. The van der Waals surface area contributed by atoms with Crippen LogP contribution in [0.1, 0.15) is 39.5 Å². The van der Waals surface area contributed by atoms with Gasteiger partial charge in [-0.15, -0.1) is 0 Å². The zero-order chi connectivity index (χ0) is 14.9. The summed E-state index contributed by atoms with van der Waals surface area (Å²) in [5.41, 5.74) is 2.42. The molecule has 1 fully saturated rings. The lowest BCUT2D eigenvalue weighted by Crippen LogP contribution is -2.32. The number of hydrogen-bond donors (Lipinski definition) is 1. The summed E-state index contributed by atoms with van der Waals surface area (Å²) in [5, 5.41) is 8.73. The quantitative estimate of drug-likeness (QED) is 0.873. The van der Waals surface area contributed by atoms with Gasteiger partial charge in [-0.05, 0) is 42.9 Å². The molecule has 0 amide bonds. The van der Waals surface area contributed by atoms with Gasteiger partial charge in [-0.3, -0.25) is 0 Å². The van der Waals surface area contributed by atoms with Gasteiger partial charge < -0.3 is 5.32 Å². The van der Waals surface area contributed by atoms with Gasteiger partial charge in [0.15, 0.2) is 0 Å². The molecule has 0 radical (unpaired) electrons. The highest BCUT2D eigenvalue weighted by Gasteiger charge is 2.28. The molecule has 0 spiro atoms. The molecule has 3 nitrogen and oxygen atoms in total. The summed E-state index contributed by atoms with van der Waals surface area (Å²) in [6.07, 6.45) is 8.70. The van der Waals surface area contributed by atoms with Gasteiger partial charge in [0.2, 0.25) is 0 Å². The van der Waals surface area contributed by atoms with Gasteiger partial charge in [-0.1, -0.05) is 37.9 Å². The van der Waals surface area contributed by atoms with Crippen LogP contribution in [-0.4, -0.2) is 15.8 Å². The minimum atomic E-state index is 0.417. The molecule has 0 saturated heterocycles. The average Bonchev–Trinajstić information content (AvgIpc) is 2.91. The molecule has 1 aromatic heterocycles. The number of para-hydroxylation sites is 1. The minimum Gasteiger partial charge on any atom is -0.381 e. The van der Waals surface area contributed by atoms with Crippen LogP contribution in [0.15, 0.2) is 36.7 Å². The summed E-state index contributed by atoms with van der Waals surface area (Å²) < 4.78 is 1.83. The van der Waals surface area contributed by atoms with E-state index in [4.69, 9.17) is 11.6 Å². The number of aromatic nitrogens is 2. The maximum atomic E-state index is 6.39. The number of halogens is 1. The molecule has 3 rings (SSSR count). The van der Waals surface area contributed by atoms with Crippen LogP contribution in [0, 0.1) is 5.41 Å². The Hall–Kier alpha value is -1.48. The van der Waals surface area contributed by atoms with E-state index in [1.54, 1.807) is 6.20 Å². The van der Waals surface area contributed by atoms with Crippen LogP contribution in [0.25, 0.3) is 5.69 Å². The van der Waals surface area contributed by atoms with Crippen LogP contribution >= 0.6 is 11.6 Å². The van der Waals surface area contributed by atoms with E-state index in [9.17, 15) is 0 Å². The zero-order valence-electron chi connectivity index (χ0n) is 12.6. The lowest BCUT2D eigenvalue weighted by molar-refractivity contribution is 0.229. The van der Waals surface area contributed by atoms with Gasteiger partial charge in [-0.25, -0.2) is 4.68 Å². The van der Waals surface area contributed by atoms with Gasteiger partial charge in [0.25, 0.3) is 0 Å². The Morgan fingerprint density at radius 3 is 2.90 bits per heavy atom. The molecule has 112 valence electrons. The molecule has 21 heavy (non-hydrogen) atoms. The second-order valence-electron chi connectivity index (χ2n) is 6.69. The topological polar surface area (TPSA) is 29.9 Å². The van der Waals surface area contributed by atoms with E-state index < -0.39 is 0 Å². The van der Waals surface area contributed by atoms with Crippen molar-refractivity contribution in [2.24, 2.45) is 5.41 Å². The number of nitrogens with zero attached hydrogens (tertiary/aromatic N) is 2. The lowest BCUT2D eigenvalue weighted by Gasteiger charge is -2.36. The fraction of sp³-hybridized carbons (Fsp3) is 0.471. The second-order valence-corrected chi connectivity index (χ2v) is 7.10. The van der Waals surface area contributed by atoms with Crippen LogP contribution in [0.2, 0.25) is 5.02 Å². The van der Waals surface area contributed by atoms with Crippen molar-refractivity contribution in [2.45, 2.75) is 45.6 Å². The van der Waals surface area contributed by atoms with Gasteiger partial charge in [0.1, 0.15) is 5.69 Å². The highest BCUT2D eigenvalue weighted by Crippen LogP contribution is 2.37. The van der Waals surface area contributed by atoms with Crippen molar-refractivity contribution in [3.05, 3.63) is 41.7 Å². The maximum Gasteiger partial charge on any atom is 0.106 e. The number of hydrogen-bond acceptors (Lipinski definition) is 2. The predicted molar refractivity (Wildman–Crippen MR) is 88.2 cm³/mol. The Labute approximate surface area is 131 Å². The summed E-state index contributed by atoms with van der Waals surface area (Å²) >= 11 is 6.39. The monoisotopic (exact) mass is 303 g/mol. The normalized spacial score (nSPS) is 21.2. The lowest BCUT2D eigenvalue weighted by atomic mass is 9.75. The first-order valence-corrected chi connectivity index (χ1v) is 7.98. The highest BCUT2D eigenvalue weighted by molar-refractivity contribution is 6.33. The fourth-order valence-corrected chi connectivity index (χ4v) is 3.57. The Bertz CT molecular complexity index is 605. The third kappa shape index (κ3) is 3.24. The molecule has 1 atom stereocenters. The first kappa shape index (κ1) is 14.5. The molecule has 1 saturated carbocycles. The van der Waals surface area contributed by atoms with Crippen LogP contribution in [0.4, 0.5) is 5.69 Å². The molecule has 1 aromatic carbocycles. The smallest absolute Gasteiger partial charge is 0.106 e. The number of nitrogens with one attached hydrogen (secondary N) is 1. The van der Waals surface area contributed by atoms with Crippen LogP contribution in [-0.2, 0) is 0 Å². The molecule has 1 aliphatic carbocycles. The molecule has 0 bridgehead atoms. The van der Waals surface area contributed by atoms with E-state index in [2.05, 4.69) is 30.3 Å². The van der Waals surface area contributed by atoms with Crippen molar-refractivity contribution < 1.29 is 0 Å². The van der Waals surface area contributed by atoms with Crippen molar-refractivity contribution in [2.75, 3.05) is 5.32 Å². The molecule has 2 aromatic rings.